The van der Waals surface area contributed by atoms with E-state index in [1.807, 2.05) is 17.8 Å². The monoisotopic (exact) mass is 392 g/mol. The molecule has 1 aliphatic rings. The molecule has 0 aliphatic heterocycles. The summed E-state index contributed by atoms with van der Waals surface area (Å²) in [5.41, 5.74) is 6.40. The highest BCUT2D eigenvalue weighted by atomic mass is 79.9. The molecular weight excluding hydrogens is 372 g/mol. The Bertz CT molecular complexity index is 585. The Hall–Kier alpha value is -0.0800. The SMILES string of the molecule is CSC1CCC(NS(=O)(=O)c2cc(CN)ccc2Br)CC1. The van der Waals surface area contributed by atoms with Crippen molar-refractivity contribution in [2.45, 2.75) is 48.4 Å². The van der Waals surface area contributed by atoms with Gasteiger partial charge in [-0.3, -0.25) is 0 Å². The quantitative estimate of drug-likeness (QED) is 0.807. The smallest absolute Gasteiger partial charge is 0.241 e. The molecule has 1 aromatic carbocycles. The van der Waals surface area contributed by atoms with E-state index in [9.17, 15) is 8.42 Å². The second kappa shape index (κ2) is 7.46. The van der Waals surface area contributed by atoms with Crippen molar-refractivity contribution in [1.82, 2.24) is 4.72 Å². The molecule has 0 unspecified atom stereocenters. The Kier molecular flexibility index (Phi) is 6.14. The molecule has 0 bridgehead atoms. The highest BCUT2D eigenvalue weighted by molar-refractivity contribution is 9.10. The molecule has 1 aromatic rings. The van der Waals surface area contributed by atoms with Crippen molar-refractivity contribution in [3.8, 4) is 0 Å². The lowest BCUT2D eigenvalue weighted by Crippen LogP contribution is -2.38. The Morgan fingerprint density at radius 2 is 2.00 bits per heavy atom. The second-order valence-electron chi connectivity index (χ2n) is 5.30. The summed E-state index contributed by atoms with van der Waals surface area (Å²) in [6.07, 6.45) is 6.05. The van der Waals surface area contributed by atoms with E-state index < -0.39 is 10.0 Å². The van der Waals surface area contributed by atoms with Crippen LogP contribution >= 0.6 is 27.7 Å². The van der Waals surface area contributed by atoms with Crippen LogP contribution in [0, 0.1) is 0 Å². The first-order chi connectivity index (χ1) is 9.96. The van der Waals surface area contributed by atoms with E-state index in [2.05, 4.69) is 26.9 Å². The zero-order valence-electron chi connectivity index (χ0n) is 12.0. The van der Waals surface area contributed by atoms with Crippen molar-refractivity contribution in [2.24, 2.45) is 5.73 Å². The zero-order valence-corrected chi connectivity index (χ0v) is 15.2. The Balaban J connectivity index is 2.12. The molecule has 0 aromatic heterocycles. The Labute approximate surface area is 139 Å². The van der Waals surface area contributed by atoms with E-state index >= 15 is 0 Å². The fraction of sp³-hybridized carbons (Fsp3) is 0.571. The van der Waals surface area contributed by atoms with Crippen molar-refractivity contribution in [2.75, 3.05) is 6.26 Å². The maximum atomic E-state index is 12.6. The number of rotatable bonds is 5. The summed E-state index contributed by atoms with van der Waals surface area (Å²) >= 11 is 5.19. The van der Waals surface area contributed by atoms with Gasteiger partial charge in [0.25, 0.3) is 0 Å². The Morgan fingerprint density at radius 3 is 2.57 bits per heavy atom. The minimum Gasteiger partial charge on any atom is -0.326 e. The van der Waals surface area contributed by atoms with Gasteiger partial charge in [-0.25, -0.2) is 13.1 Å². The lowest BCUT2D eigenvalue weighted by molar-refractivity contribution is 0.420. The van der Waals surface area contributed by atoms with Gasteiger partial charge in [-0.05, 0) is 65.6 Å². The van der Waals surface area contributed by atoms with Gasteiger partial charge in [-0.1, -0.05) is 6.07 Å². The van der Waals surface area contributed by atoms with Gasteiger partial charge in [0.15, 0.2) is 0 Å². The summed E-state index contributed by atoms with van der Waals surface area (Å²) < 4.78 is 28.5. The van der Waals surface area contributed by atoms with Gasteiger partial charge in [0, 0.05) is 22.3 Å². The number of thioether (sulfide) groups is 1. The van der Waals surface area contributed by atoms with Crippen LogP contribution in [0.15, 0.2) is 27.6 Å². The molecule has 21 heavy (non-hydrogen) atoms. The molecular formula is C14H21BrN2O2S2. The van der Waals surface area contributed by atoms with Gasteiger partial charge in [0.1, 0.15) is 0 Å². The molecule has 0 amide bonds. The van der Waals surface area contributed by atoms with Gasteiger partial charge in [-0.2, -0.15) is 11.8 Å². The molecule has 7 heteroatoms. The first-order valence-electron chi connectivity index (χ1n) is 7.00. The van der Waals surface area contributed by atoms with E-state index in [1.54, 1.807) is 12.1 Å². The lowest BCUT2D eigenvalue weighted by atomic mass is 9.96. The minimum atomic E-state index is -3.51. The number of hydrogen-bond donors (Lipinski definition) is 2. The van der Waals surface area contributed by atoms with Crippen LogP contribution in [0.3, 0.4) is 0 Å². The normalized spacial score (nSPS) is 23.2. The van der Waals surface area contributed by atoms with Crippen LogP contribution in [-0.2, 0) is 16.6 Å². The predicted molar refractivity (Wildman–Crippen MR) is 91.9 cm³/mol. The average Bonchev–Trinajstić information content (AvgIpc) is 2.48. The van der Waals surface area contributed by atoms with E-state index in [1.165, 1.54) is 0 Å². The van der Waals surface area contributed by atoms with Gasteiger partial charge in [0.2, 0.25) is 10.0 Å². The summed E-state index contributed by atoms with van der Waals surface area (Å²) in [7, 11) is -3.51. The summed E-state index contributed by atoms with van der Waals surface area (Å²) in [6, 6.07) is 5.24. The molecule has 1 fully saturated rings. The van der Waals surface area contributed by atoms with Crippen molar-refractivity contribution in [1.29, 1.82) is 0 Å². The van der Waals surface area contributed by atoms with Crippen molar-refractivity contribution >= 4 is 37.7 Å². The third kappa shape index (κ3) is 4.45. The highest BCUT2D eigenvalue weighted by Gasteiger charge is 2.26. The van der Waals surface area contributed by atoms with E-state index in [-0.39, 0.29) is 10.9 Å². The van der Waals surface area contributed by atoms with Crippen molar-refractivity contribution in [3.05, 3.63) is 28.2 Å². The summed E-state index contributed by atoms with van der Waals surface area (Å²) in [4.78, 5) is 0.275. The lowest BCUT2D eigenvalue weighted by Gasteiger charge is -2.28. The van der Waals surface area contributed by atoms with Gasteiger partial charge in [0.05, 0.1) is 4.90 Å². The summed E-state index contributed by atoms with van der Waals surface area (Å²) in [5.74, 6) is 0. The van der Waals surface area contributed by atoms with Crippen LogP contribution in [0.1, 0.15) is 31.2 Å². The third-order valence-electron chi connectivity index (χ3n) is 3.85. The number of sulfonamides is 1. The van der Waals surface area contributed by atoms with Crippen molar-refractivity contribution < 1.29 is 8.42 Å². The fourth-order valence-corrected chi connectivity index (χ4v) is 5.64. The van der Waals surface area contributed by atoms with E-state index in [4.69, 9.17) is 5.73 Å². The van der Waals surface area contributed by atoms with Crippen molar-refractivity contribution in [3.63, 3.8) is 0 Å². The maximum Gasteiger partial charge on any atom is 0.241 e. The van der Waals surface area contributed by atoms with Crippen LogP contribution in [0.5, 0.6) is 0 Å². The molecule has 0 heterocycles. The number of hydrogen-bond acceptors (Lipinski definition) is 4. The van der Waals surface area contributed by atoms with Gasteiger partial charge in [-0.15, -0.1) is 0 Å². The average molecular weight is 393 g/mol. The molecule has 0 spiro atoms. The largest absolute Gasteiger partial charge is 0.326 e. The second-order valence-corrected chi connectivity index (χ2v) is 8.97. The number of benzene rings is 1. The molecule has 0 saturated heterocycles. The number of nitrogens with two attached hydrogens (primary N) is 1. The highest BCUT2D eigenvalue weighted by Crippen LogP contribution is 2.29. The first-order valence-corrected chi connectivity index (χ1v) is 10.6. The van der Waals surface area contributed by atoms with E-state index in [0.717, 1.165) is 31.2 Å². The maximum absolute atomic E-state index is 12.6. The van der Waals surface area contributed by atoms with E-state index in [0.29, 0.717) is 16.3 Å². The molecule has 1 saturated carbocycles. The van der Waals surface area contributed by atoms with Gasteiger partial charge >= 0.3 is 0 Å². The zero-order chi connectivity index (χ0) is 15.5. The molecule has 3 N–H and O–H groups in total. The third-order valence-corrected chi connectivity index (χ3v) is 7.50. The number of nitrogens with one attached hydrogen (secondary N) is 1. The van der Waals surface area contributed by atoms with Crippen LogP contribution in [-0.4, -0.2) is 26.0 Å². The molecule has 0 radical (unpaired) electrons. The molecule has 0 atom stereocenters. The van der Waals surface area contributed by atoms with Crippen LogP contribution in [0.4, 0.5) is 0 Å². The molecule has 118 valence electrons. The molecule has 1 aliphatic carbocycles. The van der Waals surface area contributed by atoms with Crippen LogP contribution in [0.25, 0.3) is 0 Å². The number of halogens is 1. The summed E-state index contributed by atoms with van der Waals surface area (Å²) in [6.45, 7) is 0.328. The molecule has 4 nitrogen and oxygen atoms in total. The Morgan fingerprint density at radius 1 is 1.33 bits per heavy atom. The summed E-state index contributed by atoms with van der Waals surface area (Å²) in [5, 5.41) is 0.665. The fourth-order valence-electron chi connectivity index (χ4n) is 2.58. The van der Waals surface area contributed by atoms with Crippen LogP contribution in [0.2, 0.25) is 0 Å². The first kappa shape index (κ1) is 17.3. The standard InChI is InChI=1S/C14H21BrN2O2S2/c1-20-12-5-3-11(4-6-12)17-21(18,19)14-8-10(9-16)2-7-13(14)15/h2,7-8,11-12,17H,3-6,9,16H2,1H3. The topological polar surface area (TPSA) is 72.2 Å². The molecule has 2 rings (SSSR count). The van der Waals surface area contributed by atoms with Gasteiger partial charge < -0.3 is 5.73 Å². The van der Waals surface area contributed by atoms with Crippen LogP contribution < -0.4 is 10.5 Å². The minimum absolute atomic E-state index is 0.0341. The predicted octanol–water partition coefficient (Wildman–Crippen LogP) is 2.86.